The standard InChI is InChI=1S/C28H30ClF4N5O6/c1-13-34-24(38(37-13)18-11-16(29)17(30)10-15(18)28(31,32)33)23-21(39)20(35-36-26(40)44-27(2,3)4)22-19(42-23)12-41-25(43-22)14-8-6-5-7-9-14/h5-11,19-23,25,35,39H,12H2,1-4H3,(H,36,40)/t19?,20?,21?,22-,23+,25?/m0/s1. The molecule has 0 aliphatic carbocycles. The first-order chi connectivity index (χ1) is 20.6. The van der Waals surface area contributed by atoms with E-state index < -0.39 is 76.7 Å². The Balaban J connectivity index is 1.52. The van der Waals surface area contributed by atoms with Crippen molar-refractivity contribution < 1.29 is 46.4 Å². The number of aliphatic hydroxyl groups is 1. The zero-order valence-electron chi connectivity index (χ0n) is 23.9. The molecule has 3 N–H and O–H groups in total. The summed E-state index contributed by atoms with van der Waals surface area (Å²) in [6.45, 7) is 6.37. The van der Waals surface area contributed by atoms with Gasteiger partial charge in [-0.3, -0.25) is 5.43 Å². The van der Waals surface area contributed by atoms with E-state index >= 15 is 0 Å². The summed E-state index contributed by atoms with van der Waals surface area (Å²) < 4.78 is 80.5. The zero-order valence-corrected chi connectivity index (χ0v) is 24.7. The van der Waals surface area contributed by atoms with Crippen LogP contribution in [-0.2, 0) is 25.1 Å². The molecule has 3 heterocycles. The number of aryl methyl sites for hydroxylation is 1. The lowest BCUT2D eigenvalue weighted by atomic mass is 9.91. The van der Waals surface area contributed by atoms with E-state index in [1.807, 2.05) is 6.07 Å². The fourth-order valence-electron chi connectivity index (χ4n) is 4.97. The zero-order chi connectivity index (χ0) is 32.0. The van der Waals surface area contributed by atoms with E-state index in [1.165, 1.54) is 6.92 Å². The number of nitrogens with one attached hydrogen (secondary N) is 2. The molecule has 2 aromatic carbocycles. The number of alkyl halides is 3. The predicted molar refractivity (Wildman–Crippen MR) is 146 cm³/mol. The second-order valence-electron chi connectivity index (χ2n) is 11.3. The molecule has 0 radical (unpaired) electrons. The van der Waals surface area contributed by atoms with E-state index in [2.05, 4.69) is 20.9 Å². The largest absolute Gasteiger partial charge is 0.443 e. The van der Waals surface area contributed by atoms with Gasteiger partial charge < -0.3 is 24.1 Å². The molecule has 2 aliphatic heterocycles. The summed E-state index contributed by atoms with van der Waals surface area (Å²) >= 11 is 5.87. The Morgan fingerprint density at radius 2 is 1.86 bits per heavy atom. The molecule has 0 spiro atoms. The van der Waals surface area contributed by atoms with Gasteiger partial charge in [-0.05, 0) is 39.8 Å². The van der Waals surface area contributed by atoms with Crippen molar-refractivity contribution in [2.24, 2.45) is 0 Å². The second-order valence-corrected chi connectivity index (χ2v) is 11.7. The number of aromatic nitrogens is 3. The lowest BCUT2D eigenvalue weighted by Gasteiger charge is -2.48. The van der Waals surface area contributed by atoms with E-state index in [4.69, 9.17) is 30.5 Å². The summed E-state index contributed by atoms with van der Waals surface area (Å²) in [6, 6.07) is 8.88. The molecule has 2 aliphatic rings. The van der Waals surface area contributed by atoms with Gasteiger partial charge in [-0.1, -0.05) is 41.9 Å². The van der Waals surface area contributed by atoms with Crippen molar-refractivity contribution in [3.63, 3.8) is 0 Å². The molecule has 1 amide bonds. The lowest BCUT2D eigenvalue weighted by Crippen LogP contribution is -2.66. The molecule has 6 atom stereocenters. The predicted octanol–water partition coefficient (Wildman–Crippen LogP) is 4.70. The van der Waals surface area contributed by atoms with Crippen molar-refractivity contribution in [3.05, 3.63) is 76.1 Å². The molecule has 1 aromatic heterocycles. The summed E-state index contributed by atoms with van der Waals surface area (Å²) in [5, 5.41) is 15.1. The van der Waals surface area contributed by atoms with Gasteiger partial charge >= 0.3 is 12.3 Å². The van der Waals surface area contributed by atoms with Crippen molar-refractivity contribution in [3.8, 4) is 5.69 Å². The fourth-order valence-corrected chi connectivity index (χ4v) is 5.13. The molecule has 44 heavy (non-hydrogen) atoms. The Bertz CT molecular complexity index is 1500. The minimum atomic E-state index is -4.99. The van der Waals surface area contributed by atoms with Gasteiger partial charge in [0.05, 0.1) is 28.9 Å². The number of halogens is 5. The molecule has 2 fully saturated rings. The molecular formula is C28H30ClF4N5O6. The quantitative estimate of drug-likeness (QED) is 0.268. The van der Waals surface area contributed by atoms with Crippen LogP contribution in [0.5, 0.6) is 0 Å². The van der Waals surface area contributed by atoms with Gasteiger partial charge in [-0.25, -0.2) is 24.3 Å². The molecule has 2 saturated heterocycles. The highest BCUT2D eigenvalue weighted by atomic mass is 35.5. The molecule has 0 bridgehead atoms. The van der Waals surface area contributed by atoms with Crippen LogP contribution in [0.15, 0.2) is 42.5 Å². The number of rotatable bonds is 5. The van der Waals surface area contributed by atoms with Gasteiger partial charge in [-0.15, -0.1) is 0 Å². The van der Waals surface area contributed by atoms with Crippen molar-refractivity contribution in [2.45, 2.75) is 76.2 Å². The van der Waals surface area contributed by atoms with Gasteiger partial charge in [0, 0.05) is 5.56 Å². The van der Waals surface area contributed by atoms with Gasteiger partial charge in [0.25, 0.3) is 0 Å². The third kappa shape index (κ3) is 6.82. The highest BCUT2D eigenvalue weighted by Crippen LogP contribution is 2.41. The molecule has 5 rings (SSSR count). The first-order valence-electron chi connectivity index (χ1n) is 13.5. The van der Waals surface area contributed by atoms with Crippen LogP contribution in [0.4, 0.5) is 22.4 Å². The first kappa shape index (κ1) is 32.1. The summed E-state index contributed by atoms with van der Waals surface area (Å²) in [6.07, 6.45) is -11.5. The van der Waals surface area contributed by atoms with Gasteiger partial charge in [0.1, 0.15) is 41.7 Å². The number of amides is 1. The number of ether oxygens (including phenoxy) is 4. The maximum atomic E-state index is 14.1. The average Bonchev–Trinajstić information content (AvgIpc) is 3.33. The van der Waals surface area contributed by atoms with Crippen LogP contribution in [-0.4, -0.2) is 62.5 Å². The van der Waals surface area contributed by atoms with Crippen molar-refractivity contribution >= 4 is 17.7 Å². The highest BCUT2D eigenvalue weighted by molar-refractivity contribution is 6.30. The summed E-state index contributed by atoms with van der Waals surface area (Å²) in [4.78, 5) is 16.7. The Morgan fingerprint density at radius 3 is 2.52 bits per heavy atom. The highest BCUT2D eigenvalue weighted by Gasteiger charge is 2.52. The summed E-state index contributed by atoms with van der Waals surface area (Å²) in [5.74, 6) is -1.49. The molecule has 4 unspecified atom stereocenters. The van der Waals surface area contributed by atoms with Crippen LogP contribution in [0.25, 0.3) is 5.69 Å². The molecule has 238 valence electrons. The molecule has 3 aromatic rings. The Labute approximate surface area is 254 Å². The number of hydrogen-bond donors (Lipinski definition) is 3. The second kappa shape index (κ2) is 12.2. The van der Waals surface area contributed by atoms with Crippen molar-refractivity contribution in [2.75, 3.05) is 6.61 Å². The molecule has 11 nitrogen and oxygen atoms in total. The minimum absolute atomic E-state index is 0.0307. The van der Waals surface area contributed by atoms with Gasteiger partial charge in [-0.2, -0.15) is 18.3 Å². The van der Waals surface area contributed by atoms with E-state index in [1.54, 1.807) is 45.0 Å². The number of benzene rings is 2. The Morgan fingerprint density at radius 1 is 1.16 bits per heavy atom. The summed E-state index contributed by atoms with van der Waals surface area (Å²) in [7, 11) is 0. The monoisotopic (exact) mass is 643 g/mol. The van der Waals surface area contributed by atoms with Gasteiger partial charge in [0.2, 0.25) is 0 Å². The van der Waals surface area contributed by atoms with Gasteiger partial charge in [0.15, 0.2) is 12.1 Å². The van der Waals surface area contributed by atoms with E-state index in [0.717, 1.165) is 10.7 Å². The number of nitrogens with zero attached hydrogens (tertiary/aromatic N) is 3. The Hall–Kier alpha value is -3.34. The third-order valence-corrected chi connectivity index (χ3v) is 7.08. The van der Waals surface area contributed by atoms with Crippen molar-refractivity contribution in [1.29, 1.82) is 0 Å². The first-order valence-corrected chi connectivity index (χ1v) is 13.9. The molecule has 0 saturated carbocycles. The smallest absolute Gasteiger partial charge is 0.422 e. The van der Waals surface area contributed by atoms with Crippen molar-refractivity contribution in [1.82, 2.24) is 25.6 Å². The average molecular weight is 644 g/mol. The summed E-state index contributed by atoms with van der Waals surface area (Å²) in [5.41, 5.74) is 2.98. The number of hydrogen-bond acceptors (Lipinski definition) is 9. The molecule has 16 heteroatoms. The Kier molecular flexibility index (Phi) is 8.90. The van der Waals surface area contributed by atoms with Crippen LogP contribution in [0.1, 0.15) is 55.9 Å². The van der Waals surface area contributed by atoms with Crippen LogP contribution in [0.2, 0.25) is 5.02 Å². The lowest BCUT2D eigenvalue weighted by molar-refractivity contribution is -0.313. The van der Waals surface area contributed by atoms with E-state index in [9.17, 15) is 27.5 Å². The normalized spacial score (nSPS) is 25.8. The van der Waals surface area contributed by atoms with Crippen LogP contribution >= 0.6 is 11.6 Å². The molecular weight excluding hydrogens is 614 g/mol. The minimum Gasteiger partial charge on any atom is -0.443 e. The number of aliphatic hydroxyl groups excluding tert-OH is 1. The van der Waals surface area contributed by atoms with Crippen LogP contribution < -0.4 is 10.9 Å². The van der Waals surface area contributed by atoms with E-state index in [0.29, 0.717) is 5.56 Å². The van der Waals surface area contributed by atoms with E-state index in [-0.39, 0.29) is 24.3 Å². The maximum Gasteiger partial charge on any atom is 0.422 e. The topological polar surface area (TPSA) is 129 Å². The van der Waals surface area contributed by atoms with Crippen LogP contribution in [0, 0.1) is 12.7 Å². The fraction of sp³-hybridized carbons (Fsp3) is 0.464. The number of fused-ring (bicyclic) bond motifs is 1. The SMILES string of the molecule is Cc1nc([C@@H]2OC3COC(c4ccccc4)O[C@@H]3C(NNC(=O)OC(C)(C)C)C2O)n(-c2cc(Cl)c(F)cc2C(F)(F)F)n1. The maximum absolute atomic E-state index is 14.1. The number of hydrazine groups is 1. The van der Waals surface area contributed by atoms with Crippen LogP contribution in [0.3, 0.4) is 0 Å². The number of carbonyl (C=O) groups is 1. The third-order valence-electron chi connectivity index (χ3n) is 6.79. The number of carbonyl (C=O) groups excluding carboxylic acids is 1.